The molecule has 4 rings (SSSR count). The number of hydrogen-bond donors (Lipinski definition) is 4. The van der Waals surface area contributed by atoms with Crippen molar-refractivity contribution in [2.45, 2.75) is 44.7 Å². The maximum absolute atomic E-state index is 12.6. The highest BCUT2D eigenvalue weighted by atomic mass is 19.4. The van der Waals surface area contributed by atoms with E-state index in [1.165, 1.54) is 0 Å². The fourth-order valence-corrected chi connectivity index (χ4v) is 4.24. The van der Waals surface area contributed by atoms with Crippen LogP contribution in [-0.4, -0.2) is 81.6 Å². The zero-order valence-corrected chi connectivity index (χ0v) is 24.6. The summed E-state index contributed by atoms with van der Waals surface area (Å²) in [6, 6.07) is 19.2. The van der Waals surface area contributed by atoms with E-state index < -0.39 is 24.3 Å². The number of carboxylic acid groups (broad SMARTS) is 2. The van der Waals surface area contributed by atoms with E-state index in [2.05, 4.69) is 33.2 Å². The van der Waals surface area contributed by atoms with Gasteiger partial charge in [0.05, 0.1) is 0 Å². The van der Waals surface area contributed by atoms with Crippen LogP contribution >= 0.6 is 0 Å². The molecule has 46 heavy (non-hydrogen) atoms. The number of aromatic hydroxyl groups is 1. The van der Waals surface area contributed by atoms with E-state index in [1.807, 2.05) is 55.5 Å². The lowest BCUT2D eigenvalue weighted by Crippen LogP contribution is -2.43. The highest BCUT2D eigenvalue weighted by Gasteiger charge is 2.38. The van der Waals surface area contributed by atoms with Crippen LogP contribution < -0.4 is 10.2 Å². The molecule has 0 radical (unpaired) electrons. The average molecular weight is 659 g/mol. The van der Waals surface area contributed by atoms with Crippen molar-refractivity contribution in [1.29, 1.82) is 0 Å². The number of nitrogens with one attached hydrogen (secondary N) is 1. The number of benzene rings is 2. The van der Waals surface area contributed by atoms with Crippen LogP contribution in [0.2, 0.25) is 0 Å². The van der Waals surface area contributed by atoms with E-state index in [0.29, 0.717) is 17.4 Å². The topological polar surface area (TPSA) is 143 Å². The van der Waals surface area contributed by atoms with Gasteiger partial charge in [-0.25, -0.2) is 14.6 Å². The van der Waals surface area contributed by atoms with Gasteiger partial charge >= 0.3 is 24.3 Å². The zero-order chi connectivity index (χ0) is 34.7. The number of carboxylic acids is 2. The van der Waals surface area contributed by atoms with Gasteiger partial charge in [0.15, 0.2) is 0 Å². The van der Waals surface area contributed by atoms with Crippen molar-refractivity contribution in [1.82, 2.24) is 9.88 Å². The van der Waals surface area contributed by atoms with Crippen LogP contribution in [0.1, 0.15) is 34.3 Å². The highest BCUT2D eigenvalue weighted by molar-refractivity contribution is 6.04. The molecular weight excluding hydrogens is 626 g/mol. The van der Waals surface area contributed by atoms with Gasteiger partial charge in [0.1, 0.15) is 11.6 Å². The minimum atomic E-state index is -5.08. The second kappa shape index (κ2) is 16.5. The monoisotopic (exact) mass is 658 g/mol. The number of carbonyl (C=O) groups is 3. The molecule has 250 valence electrons. The molecule has 1 aromatic heterocycles. The molecule has 0 unspecified atom stereocenters. The first-order valence-electron chi connectivity index (χ1n) is 13.5. The Hall–Kier alpha value is -4.86. The number of likely N-dealkylation sites (tertiary alicyclic amines) is 1. The third-order valence-electron chi connectivity index (χ3n) is 6.55. The summed E-state index contributed by atoms with van der Waals surface area (Å²) in [4.78, 5) is 39.6. The molecular formula is C30H32F6N4O6. The summed E-state index contributed by atoms with van der Waals surface area (Å²) in [5.74, 6) is -4.45. The molecule has 1 fully saturated rings. The van der Waals surface area contributed by atoms with Crippen molar-refractivity contribution in [2.75, 3.05) is 30.4 Å². The fraction of sp³-hybridized carbons (Fsp3) is 0.333. The average Bonchev–Trinajstić information content (AvgIpc) is 2.97. The number of halogens is 6. The summed E-state index contributed by atoms with van der Waals surface area (Å²) >= 11 is 0. The number of carbonyl (C=O) groups excluding carboxylic acids is 1. The largest absolute Gasteiger partial charge is 0.508 e. The SMILES string of the molecule is Cc1cccc(C(=O)Nc2ccnc(N(C)C3CCN(Cc4cccc(O)c4)CC3)c2)c1.O=C(O)C(F)(F)F.O=C(O)C(F)(F)F. The maximum Gasteiger partial charge on any atom is 0.490 e. The molecule has 16 heteroatoms. The Labute approximate surface area is 259 Å². The number of amides is 1. The number of hydrogen-bond acceptors (Lipinski definition) is 7. The summed E-state index contributed by atoms with van der Waals surface area (Å²) in [6.45, 7) is 4.82. The molecule has 0 bridgehead atoms. The Kier molecular flexibility index (Phi) is 13.3. The third-order valence-corrected chi connectivity index (χ3v) is 6.55. The molecule has 0 aliphatic carbocycles. The number of aromatic nitrogens is 1. The van der Waals surface area contributed by atoms with E-state index in [4.69, 9.17) is 19.8 Å². The first-order valence-corrected chi connectivity index (χ1v) is 13.5. The van der Waals surface area contributed by atoms with Crippen molar-refractivity contribution in [2.24, 2.45) is 0 Å². The van der Waals surface area contributed by atoms with E-state index in [1.54, 1.807) is 12.3 Å². The number of alkyl halides is 6. The van der Waals surface area contributed by atoms with Crippen LogP contribution in [0.3, 0.4) is 0 Å². The van der Waals surface area contributed by atoms with Crippen molar-refractivity contribution in [3.8, 4) is 5.75 Å². The Morgan fingerprint density at radius 1 is 0.913 bits per heavy atom. The van der Waals surface area contributed by atoms with Crippen LogP contribution in [-0.2, 0) is 16.1 Å². The molecule has 0 spiro atoms. The summed E-state index contributed by atoms with van der Waals surface area (Å²) in [7, 11) is 2.07. The number of phenolic OH excluding ortho intramolecular Hbond substituents is 1. The summed E-state index contributed by atoms with van der Waals surface area (Å²) < 4.78 is 63.5. The molecule has 2 aromatic carbocycles. The summed E-state index contributed by atoms with van der Waals surface area (Å²) in [5.41, 5.74) is 3.59. The van der Waals surface area contributed by atoms with Gasteiger partial charge in [-0.3, -0.25) is 9.69 Å². The lowest BCUT2D eigenvalue weighted by atomic mass is 10.0. The van der Waals surface area contributed by atoms with Gasteiger partial charge in [-0.2, -0.15) is 26.3 Å². The van der Waals surface area contributed by atoms with E-state index in [9.17, 15) is 36.2 Å². The Morgan fingerprint density at radius 3 is 2.00 bits per heavy atom. The van der Waals surface area contributed by atoms with Crippen LogP contribution in [0.25, 0.3) is 0 Å². The van der Waals surface area contributed by atoms with Crippen LogP contribution in [0.5, 0.6) is 5.75 Å². The number of piperidine rings is 1. The normalized spacial score (nSPS) is 13.7. The molecule has 1 saturated heterocycles. The predicted molar refractivity (Wildman–Crippen MR) is 156 cm³/mol. The van der Waals surface area contributed by atoms with E-state index in [0.717, 1.165) is 55.1 Å². The second-order valence-corrected chi connectivity index (χ2v) is 10.1. The van der Waals surface area contributed by atoms with Crippen LogP contribution in [0.15, 0.2) is 66.9 Å². The van der Waals surface area contributed by atoms with Gasteiger partial charge in [-0.05, 0) is 55.7 Å². The predicted octanol–water partition coefficient (Wildman–Crippen LogP) is 5.72. The number of rotatable bonds is 6. The van der Waals surface area contributed by atoms with Crippen LogP contribution in [0.4, 0.5) is 37.8 Å². The van der Waals surface area contributed by atoms with Gasteiger partial charge in [0, 0.05) is 56.2 Å². The molecule has 0 atom stereocenters. The Balaban J connectivity index is 0.000000440. The quantitative estimate of drug-likeness (QED) is 0.245. The van der Waals surface area contributed by atoms with Gasteiger partial charge < -0.3 is 25.5 Å². The molecule has 1 aliphatic heterocycles. The summed E-state index contributed by atoms with van der Waals surface area (Å²) in [5, 5.41) is 26.9. The smallest absolute Gasteiger partial charge is 0.490 e. The number of anilines is 2. The standard InChI is InChI=1S/C26H30N4O2.2C2HF3O2/c1-19-5-3-7-21(15-19)26(32)28-22-9-12-27-25(17-22)29(2)23-10-13-30(14-11-23)18-20-6-4-8-24(31)16-20;2*3-2(4,5)1(6)7/h3-9,12,15-17,23,31H,10-11,13-14,18H2,1-2H3,(H,27,28,32);2*(H,6,7). The van der Waals surface area contributed by atoms with Crippen molar-refractivity contribution in [3.63, 3.8) is 0 Å². The number of aryl methyl sites for hydroxylation is 1. The minimum Gasteiger partial charge on any atom is -0.508 e. The molecule has 1 aliphatic rings. The number of aliphatic carboxylic acids is 2. The first-order chi connectivity index (χ1) is 21.4. The van der Waals surface area contributed by atoms with Crippen molar-refractivity contribution < 1.29 is 56.0 Å². The van der Waals surface area contributed by atoms with E-state index >= 15 is 0 Å². The summed E-state index contributed by atoms with van der Waals surface area (Å²) in [6.07, 6.45) is -6.34. The van der Waals surface area contributed by atoms with Gasteiger partial charge in [0.2, 0.25) is 0 Å². The molecule has 1 amide bonds. The molecule has 10 nitrogen and oxygen atoms in total. The van der Waals surface area contributed by atoms with Crippen LogP contribution in [0, 0.1) is 6.92 Å². The van der Waals surface area contributed by atoms with Gasteiger partial charge in [-0.1, -0.05) is 29.8 Å². The number of nitrogens with zero attached hydrogens (tertiary/aromatic N) is 3. The Morgan fingerprint density at radius 2 is 1.48 bits per heavy atom. The van der Waals surface area contributed by atoms with Gasteiger partial charge in [-0.15, -0.1) is 0 Å². The molecule has 4 N–H and O–H groups in total. The first kappa shape index (κ1) is 37.3. The second-order valence-electron chi connectivity index (χ2n) is 10.1. The van der Waals surface area contributed by atoms with Crippen molar-refractivity contribution in [3.05, 3.63) is 83.6 Å². The van der Waals surface area contributed by atoms with Crippen molar-refractivity contribution >= 4 is 29.4 Å². The lowest BCUT2D eigenvalue weighted by molar-refractivity contribution is -0.193. The number of pyridine rings is 1. The Bertz CT molecular complexity index is 1450. The minimum absolute atomic E-state index is 0.117. The fourth-order valence-electron chi connectivity index (χ4n) is 4.24. The third kappa shape index (κ3) is 12.6. The van der Waals surface area contributed by atoms with E-state index in [-0.39, 0.29) is 5.91 Å². The molecule has 2 heterocycles. The maximum atomic E-state index is 12.6. The zero-order valence-electron chi connectivity index (χ0n) is 24.6. The molecule has 3 aromatic rings. The molecule has 0 saturated carbocycles. The highest BCUT2D eigenvalue weighted by Crippen LogP contribution is 2.24. The number of phenols is 1. The van der Waals surface area contributed by atoms with Gasteiger partial charge in [0.25, 0.3) is 5.91 Å². The lowest BCUT2D eigenvalue weighted by Gasteiger charge is -2.37.